The quantitative estimate of drug-likeness (QED) is 0.334. The lowest BCUT2D eigenvalue weighted by molar-refractivity contribution is 0.0600. The maximum absolute atomic E-state index is 12.8. The molecule has 0 bridgehead atoms. The number of carbonyl (C=O) groups excluding carboxylic acids is 3. The molecule has 38 heavy (non-hydrogen) atoms. The van der Waals surface area contributed by atoms with Gasteiger partial charge in [0, 0.05) is 36.8 Å². The third kappa shape index (κ3) is 6.42. The number of nitrogens with one attached hydrogen (secondary N) is 2. The normalized spacial score (nSPS) is 13.0. The second-order valence-corrected chi connectivity index (χ2v) is 9.65. The first kappa shape index (κ1) is 27.4. The number of nitrogens with zero attached hydrogens (tertiary/aromatic N) is 2. The second kappa shape index (κ2) is 12.3. The van der Waals surface area contributed by atoms with Gasteiger partial charge in [-0.15, -0.1) is 0 Å². The molecule has 2 amide bonds. The molecule has 0 spiro atoms. The van der Waals surface area contributed by atoms with Crippen LogP contribution in [0.2, 0.25) is 10.0 Å². The Morgan fingerprint density at radius 2 is 1.61 bits per heavy atom. The van der Waals surface area contributed by atoms with Gasteiger partial charge in [-0.1, -0.05) is 41.4 Å². The lowest BCUT2D eigenvalue weighted by Gasteiger charge is -2.37. The van der Waals surface area contributed by atoms with Gasteiger partial charge in [-0.25, -0.2) is 4.79 Å². The summed E-state index contributed by atoms with van der Waals surface area (Å²) in [5.74, 6) is -1.04. The summed E-state index contributed by atoms with van der Waals surface area (Å²) < 4.78 is 4.86. The van der Waals surface area contributed by atoms with Crippen molar-refractivity contribution in [2.75, 3.05) is 43.5 Å². The largest absolute Gasteiger partial charge is 0.465 e. The van der Waals surface area contributed by atoms with Gasteiger partial charge in [0.2, 0.25) is 0 Å². The van der Waals surface area contributed by atoms with Crippen molar-refractivity contribution in [1.82, 2.24) is 10.2 Å². The highest BCUT2D eigenvalue weighted by Crippen LogP contribution is 2.29. The topological polar surface area (TPSA) is 91.0 Å². The van der Waals surface area contributed by atoms with Crippen molar-refractivity contribution in [3.63, 3.8) is 0 Å². The number of anilines is 2. The van der Waals surface area contributed by atoms with E-state index in [1.54, 1.807) is 36.4 Å². The van der Waals surface area contributed by atoms with E-state index in [9.17, 15) is 14.4 Å². The number of benzene rings is 3. The third-order valence-corrected chi connectivity index (χ3v) is 6.75. The zero-order chi connectivity index (χ0) is 27.2. The van der Waals surface area contributed by atoms with Crippen LogP contribution in [-0.2, 0) is 4.74 Å². The van der Waals surface area contributed by atoms with Gasteiger partial charge < -0.3 is 19.9 Å². The molecule has 8 nitrogen and oxygen atoms in total. The average Bonchev–Trinajstić information content (AvgIpc) is 2.92. The minimum Gasteiger partial charge on any atom is -0.465 e. The highest BCUT2D eigenvalue weighted by atomic mass is 35.5. The summed E-state index contributed by atoms with van der Waals surface area (Å²) in [4.78, 5) is 41.6. The molecule has 2 N–H and O–H groups in total. The van der Waals surface area contributed by atoms with Crippen LogP contribution in [0.5, 0.6) is 0 Å². The van der Waals surface area contributed by atoms with E-state index in [2.05, 4.69) is 15.5 Å². The van der Waals surface area contributed by atoms with Gasteiger partial charge in [-0.3, -0.25) is 14.9 Å². The van der Waals surface area contributed by atoms with Crippen LogP contribution in [0.3, 0.4) is 0 Å². The van der Waals surface area contributed by atoms with Crippen molar-refractivity contribution < 1.29 is 19.1 Å². The summed E-state index contributed by atoms with van der Waals surface area (Å²) in [6, 6.07) is 18.7. The number of thiocarbonyl (C=S) groups is 1. The number of hydrogen-bond acceptors (Lipinski definition) is 6. The Kier molecular flexibility index (Phi) is 8.83. The first-order valence-corrected chi connectivity index (χ1v) is 12.8. The van der Waals surface area contributed by atoms with E-state index >= 15 is 0 Å². The van der Waals surface area contributed by atoms with Crippen LogP contribution in [-0.4, -0.2) is 61.1 Å². The molecule has 0 unspecified atom stereocenters. The lowest BCUT2D eigenvalue weighted by Crippen LogP contribution is -2.49. The van der Waals surface area contributed by atoms with E-state index in [1.807, 2.05) is 23.1 Å². The van der Waals surface area contributed by atoms with Crippen molar-refractivity contribution in [2.45, 2.75) is 0 Å². The number of piperazine rings is 1. The number of halogens is 2. The predicted molar refractivity (Wildman–Crippen MR) is 152 cm³/mol. The molecule has 0 saturated carbocycles. The number of rotatable bonds is 5. The van der Waals surface area contributed by atoms with Crippen LogP contribution < -0.4 is 15.5 Å². The minimum atomic E-state index is -0.513. The van der Waals surface area contributed by atoms with Gasteiger partial charge in [0.15, 0.2) is 5.11 Å². The smallest absolute Gasteiger partial charge is 0.337 e. The molecule has 0 radical (unpaired) electrons. The summed E-state index contributed by atoms with van der Waals surface area (Å²) >= 11 is 17.4. The van der Waals surface area contributed by atoms with E-state index in [0.29, 0.717) is 48.0 Å². The molecule has 1 heterocycles. The van der Waals surface area contributed by atoms with E-state index in [0.717, 1.165) is 5.69 Å². The monoisotopic (exact) mass is 570 g/mol. The van der Waals surface area contributed by atoms with Crippen LogP contribution in [0.15, 0.2) is 66.7 Å². The Labute approximate surface area is 235 Å². The molecule has 0 aliphatic carbocycles. The van der Waals surface area contributed by atoms with Gasteiger partial charge in [0.1, 0.15) is 0 Å². The fourth-order valence-corrected chi connectivity index (χ4v) is 4.77. The van der Waals surface area contributed by atoms with Crippen LogP contribution >= 0.6 is 35.4 Å². The molecule has 11 heteroatoms. The number of methoxy groups -OCH3 is 1. The van der Waals surface area contributed by atoms with Crippen LogP contribution in [0, 0.1) is 0 Å². The van der Waals surface area contributed by atoms with Crippen molar-refractivity contribution in [2.24, 2.45) is 0 Å². The Hall–Kier alpha value is -3.66. The highest BCUT2D eigenvalue weighted by Gasteiger charge is 2.24. The summed E-state index contributed by atoms with van der Waals surface area (Å²) in [6.07, 6.45) is 0. The molecule has 0 atom stereocenters. The number of hydrogen-bond donors (Lipinski definition) is 2. The van der Waals surface area contributed by atoms with E-state index in [4.69, 9.17) is 40.2 Å². The fraction of sp³-hybridized carbons (Fsp3) is 0.185. The Morgan fingerprint density at radius 3 is 2.26 bits per heavy atom. The Morgan fingerprint density at radius 1 is 0.895 bits per heavy atom. The van der Waals surface area contributed by atoms with Gasteiger partial charge in [-0.05, 0) is 60.7 Å². The van der Waals surface area contributed by atoms with Crippen LogP contribution in [0.25, 0.3) is 0 Å². The zero-order valence-electron chi connectivity index (χ0n) is 20.4. The minimum absolute atomic E-state index is 0.0159. The molecule has 1 fully saturated rings. The Bertz CT molecular complexity index is 1380. The van der Waals surface area contributed by atoms with E-state index in [-0.39, 0.29) is 21.6 Å². The van der Waals surface area contributed by atoms with Crippen molar-refractivity contribution in [1.29, 1.82) is 0 Å². The summed E-state index contributed by atoms with van der Waals surface area (Å²) in [5, 5.41) is 6.23. The zero-order valence-corrected chi connectivity index (χ0v) is 22.7. The number of carbonyl (C=O) groups is 3. The first-order valence-electron chi connectivity index (χ1n) is 11.7. The van der Waals surface area contributed by atoms with Gasteiger partial charge >= 0.3 is 5.97 Å². The van der Waals surface area contributed by atoms with Gasteiger partial charge in [-0.2, -0.15) is 0 Å². The summed E-state index contributed by atoms with van der Waals surface area (Å²) in [6.45, 7) is 2.15. The van der Waals surface area contributed by atoms with Crippen LogP contribution in [0.4, 0.5) is 11.4 Å². The summed E-state index contributed by atoms with van der Waals surface area (Å²) in [7, 11) is 1.30. The van der Waals surface area contributed by atoms with Crippen molar-refractivity contribution in [3.05, 3.63) is 93.5 Å². The molecule has 1 saturated heterocycles. The molecular weight excluding hydrogens is 547 g/mol. The Balaban J connectivity index is 1.50. The van der Waals surface area contributed by atoms with E-state index in [1.165, 1.54) is 19.2 Å². The lowest BCUT2D eigenvalue weighted by atomic mass is 10.1. The maximum atomic E-state index is 12.8. The molecule has 196 valence electrons. The van der Waals surface area contributed by atoms with Crippen molar-refractivity contribution in [3.8, 4) is 0 Å². The molecular formula is C27H24Cl2N4O4S. The molecule has 4 rings (SSSR count). The SMILES string of the molecule is COC(=O)c1ccc(N2CCN(C(=O)c3ccccc3)CC2)c(NC(=S)NC(=O)c2ccc(Cl)cc2Cl)c1. The second-order valence-electron chi connectivity index (χ2n) is 8.40. The molecule has 3 aromatic rings. The van der Waals surface area contributed by atoms with Gasteiger partial charge in [0.05, 0.1) is 34.6 Å². The molecule has 1 aliphatic rings. The molecule has 3 aromatic carbocycles. The van der Waals surface area contributed by atoms with Crippen LogP contribution in [0.1, 0.15) is 31.1 Å². The predicted octanol–water partition coefficient (Wildman–Crippen LogP) is 4.87. The average molecular weight is 571 g/mol. The fourth-order valence-electron chi connectivity index (χ4n) is 4.07. The number of esters is 1. The first-order chi connectivity index (χ1) is 18.3. The molecule has 1 aliphatic heterocycles. The standard InChI is InChI=1S/C27H24Cl2N4O4S/c1-37-26(36)18-7-10-23(32-11-13-33(14-12-32)25(35)17-5-3-2-4-6-17)22(15-18)30-27(38)31-24(34)20-9-8-19(28)16-21(20)29/h2-10,15-16H,11-14H2,1H3,(H2,30,31,34,38). The number of amides is 2. The van der Waals surface area contributed by atoms with E-state index < -0.39 is 11.9 Å². The third-order valence-electron chi connectivity index (χ3n) is 6.00. The maximum Gasteiger partial charge on any atom is 0.337 e. The number of ether oxygens (including phenoxy) is 1. The molecule has 0 aromatic heterocycles. The van der Waals surface area contributed by atoms with Gasteiger partial charge in [0.25, 0.3) is 11.8 Å². The highest BCUT2D eigenvalue weighted by molar-refractivity contribution is 7.80. The van der Waals surface area contributed by atoms with Crippen molar-refractivity contribution >= 4 is 69.7 Å². The summed E-state index contributed by atoms with van der Waals surface area (Å²) in [5.41, 5.74) is 2.43.